The Kier molecular flexibility index (Phi) is 5.84. The Balaban J connectivity index is 1.67. The summed E-state index contributed by atoms with van der Waals surface area (Å²) < 4.78 is 13.5. The normalized spacial score (nSPS) is 11.1. The smallest absolute Gasteiger partial charge is 0.225 e. The van der Waals surface area contributed by atoms with Crippen LogP contribution in [0.1, 0.15) is 11.1 Å². The molecule has 0 amide bonds. The number of nitrogens with zero attached hydrogens (tertiary/aromatic N) is 3. The predicted molar refractivity (Wildman–Crippen MR) is 131 cm³/mol. The molecule has 0 radical (unpaired) electrons. The first kappa shape index (κ1) is 20.6. The maximum absolute atomic E-state index is 13.5. The minimum atomic E-state index is -0.261. The van der Waals surface area contributed by atoms with E-state index in [-0.39, 0.29) is 11.1 Å². The van der Waals surface area contributed by atoms with Gasteiger partial charge >= 0.3 is 0 Å². The van der Waals surface area contributed by atoms with Crippen molar-refractivity contribution in [3.63, 3.8) is 0 Å². The average molecular weight is 460 g/mol. The molecular formula is C26H19ClFN3S. The van der Waals surface area contributed by atoms with E-state index in [1.165, 1.54) is 34.6 Å². The van der Waals surface area contributed by atoms with Crippen molar-refractivity contribution in [3.8, 4) is 11.1 Å². The molecule has 0 aliphatic heterocycles. The highest BCUT2D eigenvalue weighted by Crippen LogP contribution is 2.39. The van der Waals surface area contributed by atoms with Crippen molar-refractivity contribution in [1.82, 2.24) is 9.97 Å². The van der Waals surface area contributed by atoms with Crippen LogP contribution in [0, 0.1) is 5.82 Å². The van der Waals surface area contributed by atoms with Crippen molar-refractivity contribution in [2.45, 2.75) is 13.1 Å². The summed E-state index contributed by atoms with van der Waals surface area (Å²) in [5, 5.41) is 3.18. The van der Waals surface area contributed by atoms with Gasteiger partial charge in [0.25, 0.3) is 0 Å². The van der Waals surface area contributed by atoms with E-state index in [1.807, 2.05) is 41.8 Å². The number of benzene rings is 3. The Morgan fingerprint density at radius 1 is 0.781 bits per heavy atom. The predicted octanol–water partition coefficient (Wildman–Crippen LogP) is 7.36. The van der Waals surface area contributed by atoms with E-state index < -0.39 is 0 Å². The molecule has 5 aromatic rings. The van der Waals surface area contributed by atoms with Crippen LogP contribution >= 0.6 is 22.9 Å². The Labute approximate surface area is 194 Å². The number of hydrogen-bond donors (Lipinski definition) is 0. The molecule has 6 heteroatoms. The number of fused-ring (bicyclic) bond motifs is 1. The minimum Gasteiger partial charge on any atom is -0.347 e. The molecule has 0 aliphatic carbocycles. The highest BCUT2D eigenvalue weighted by Gasteiger charge is 2.20. The molecule has 0 fully saturated rings. The van der Waals surface area contributed by atoms with Crippen LogP contribution in [0.3, 0.4) is 0 Å². The van der Waals surface area contributed by atoms with Crippen LogP contribution in [-0.4, -0.2) is 9.97 Å². The Morgan fingerprint density at radius 3 is 1.97 bits per heavy atom. The SMILES string of the molecule is Fc1ccc(-c2csc3nc(Cl)nc(N(Cc4ccccc4)Cc4ccccc4)c23)cc1. The van der Waals surface area contributed by atoms with Crippen molar-refractivity contribution in [2.75, 3.05) is 4.90 Å². The molecule has 0 bridgehead atoms. The van der Waals surface area contributed by atoms with Crippen LogP contribution in [-0.2, 0) is 13.1 Å². The molecule has 0 saturated heterocycles. The van der Waals surface area contributed by atoms with Crippen LogP contribution in [0.5, 0.6) is 0 Å². The molecule has 158 valence electrons. The number of hydrogen-bond acceptors (Lipinski definition) is 4. The van der Waals surface area contributed by atoms with Crippen molar-refractivity contribution in [2.24, 2.45) is 0 Å². The molecule has 3 nitrogen and oxygen atoms in total. The van der Waals surface area contributed by atoms with Gasteiger partial charge in [0.15, 0.2) is 0 Å². The second-order valence-corrected chi connectivity index (χ2v) is 8.68. The van der Waals surface area contributed by atoms with Gasteiger partial charge in [-0.05, 0) is 40.4 Å². The van der Waals surface area contributed by atoms with Gasteiger partial charge < -0.3 is 4.90 Å². The summed E-state index contributed by atoms with van der Waals surface area (Å²) in [6.45, 7) is 1.33. The van der Waals surface area contributed by atoms with Gasteiger partial charge in [-0.3, -0.25) is 0 Å². The minimum absolute atomic E-state index is 0.214. The summed E-state index contributed by atoms with van der Waals surface area (Å²) in [4.78, 5) is 12.2. The monoisotopic (exact) mass is 459 g/mol. The van der Waals surface area contributed by atoms with Crippen molar-refractivity contribution in [3.05, 3.63) is 113 Å². The largest absolute Gasteiger partial charge is 0.347 e. The molecule has 0 spiro atoms. The molecule has 0 saturated carbocycles. The van der Waals surface area contributed by atoms with Gasteiger partial charge in [0.1, 0.15) is 16.5 Å². The Hall–Kier alpha value is -3.28. The molecule has 2 heterocycles. The van der Waals surface area contributed by atoms with E-state index in [2.05, 4.69) is 39.1 Å². The van der Waals surface area contributed by atoms with Gasteiger partial charge in [-0.15, -0.1) is 11.3 Å². The van der Waals surface area contributed by atoms with Crippen molar-refractivity contribution >= 4 is 39.0 Å². The van der Waals surface area contributed by atoms with Crippen LogP contribution in [0.25, 0.3) is 21.3 Å². The average Bonchev–Trinajstić information content (AvgIpc) is 3.24. The van der Waals surface area contributed by atoms with Crippen molar-refractivity contribution < 1.29 is 4.39 Å². The molecule has 5 rings (SSSR count). The standard InChI is InChI=1S/C26H19ClFN3S/c27-26-29-24(23-22(17-32-25(23)30-26)20-11-13-21(28)14-12-20)31(15-18-7-3-1-4-8-18)16-19-9-5-2-6-10-19/h1-14,17H,15-16H2. The summed E-state index contributed by atoms with van der Waals surface area (Å²) in [5.41, 5.74) is 4.24. The maximum atomic E-state index is 13.5. The number of anilines is 1. The quantitative estimate of drug-likeness (QED) is 0.248. The first-order valence-electron chi connectivity index (χ1n) is 10.2. The number of rotatable bonds is 6. The van der Waals surface area contributed by atoms with E-state index in [0.717, 1.165) is 27.2 Å². The number of thiophene rings is 1. The van der Waals surface area contributed by atoms with Gasteiger partial charge in [0.2, 0.25) is 5.28 Å². The second-order valence-electron chi connectivity index (χ2n) is 7.48. The highest BCUT2D eigenvalue weighted by atomic mass is 35.5. The maximum Gasteiger partial charge on any atom is 0.225 e. The van der Waals surface area contributed by atoms with Gasteiger partial charge in [0.05, 0.1) is 5.39 Å². The fourth-order valence-corrected chi connectivity index (χ4v) is 4.94. The lowest BCUT2D eigenvalue weighted by atomic mass is 10.1. The Morgan fingerprint density at radius 2 is 1.38 bits per heavy atom. The van der Waals surface area contributed by atoms with E-state index in [9.17, 15) is 4.39 Å². The number of aromatic nitrogens is 2. The van der Waals surface area contributed by atoms with E-state index >= 15 is 0 Å². The molecule has 0 unspecified atom stereocenters. The molecule has 32 heavy (non-hydrogen) atoms. The van der Waals surface area contributed by atoms with Crippen LogP contribution in [0.15, 0.2) is 90.3 Å². The van der Waals surface area contributed by atoms with Gasteiger partial charge in [-0.25, -0.2) is 9.37 Å². The van der Waals surface area contributed by atoms with Gasteiger partial charge in [-0.1, -0.05) is 72.8 Å². The molecule has 3 aromatic carbocycles. The Bertz CT molecular complexity index is 1300. The summed E-state index contributed by atoms with van der Waals surface area (Å²) in [5.74, 6) is 0.510. The molecule has 0 atom stereocenters. The lowest BCUT2D eigenvalue weighted by Crippen LogP contribution is -2.23. The third kappa shape index (κ3) is 4.35. The van der Waals surface area contributed by atoms with Crippen LogP contribution < -0.4 is 4.90 Å². The summed E-state index contributed by atoms with van der Waals surface area (Å²) in [7, 11) is 0. The highest BCUT2D eigenvalue weighted by molar-refractivity contribution is 7.17. The molecule has 0 aliphatic rings. The van der Waals surface area contributed by atoms with Crippen molar-refractivity contribution in [1.29, 1.82) is 0 Å². The summed E-state index contributed by atoms with van der Waals surface area (Å²) in [6.07, 6.45) is 0. The van der Waals surface area contributed by atoms with E-state index in [4.69, 9.17) is 11.6 Å². The summed E-state index contributed by atoms with van der Waals surface area (Å²) in [6, 6.07) is 27.1. The van der Waals surface area contributed by atoms with E-state index in [0.29, 0.717) is 13.1 Å². The third-order valence-corrected chi connectivity index (χ3v) is 6.32. The zero-order valence-corrected chi connectivity index (χ0v) is 18.7. The topological polar surface area (TPSA) is 29.0 Å². The number of halogens is 2. The van der Waals surface area contributed by atoms with Gasteiger partial charge in [0, 0.05) is 24.0 Å². The van der Waals surface area contributed by atoms with Gasteiger partial charge in [-0.2, -0.15) is 4.98 Å². The fourth-order valence-electron chi connectivity index (χ4n) is 3.78. The lowest BCUT2D eigenvalue weighted by molar-refractivity contribution is 0.628. The molecule has 0 N–H and O–H groups in total. The van der Waals surface area contributed by atoms with Crippen LogP contribution in [0.2, 0.25) is 5.28 Å². The molecular weight excluding hydrogens is 441 g/mol. The fraction of sp³-hybridized carbons (Fsp3) is 0.0769. The summed E-state index contributed by atoms with van der Waals surface area (Å²) >= 11 is 7.87. The first-order valence-corrected chi connectivity index (χ1v) is 11.5. The lowest BCUT2D eigenvalue weighted by Gasteiger charge is -2.25. The third-order valence-electron chi connectivity index (χ3n) is 5.27. The second kappa shape index (κ2) is 9.07. The van der Waals surface area contributed by atoms with E-state index in [1.54, 1.807) is 12.1 Å². The molecule has 2 aromatic heterocycles. The zero-order chi connectivity index (χ0) is 21.9. The first-order chi connectivity index (χ1) is 15.7. The van der Waals surface area contributed by atoms with Crippen LogP contribution in [0.4, 0.5) is 10.2 Å². The zero-order valence-electron chi connectivity index (χ0n) is 17.1.